The molecule has 0 fully saturated rings. The first kappa shape index (κ1) is 16.3. The molecule has 0 aromatic heterocycles. The van der Waals surface area contributed by atoms with E-state index in [1.54, 1.807) is 25.1 Å². The number of nitro benzene ring substituents is 1. The number of hydrogen-bond donors (Lipinski definition) is 1. The monoisotopic (exact) mass is 338 g/mol. The van der Waals surface area contributed by atoms with Gasteiger partial charge in [-0.3, -0.25) is 14.8 Å². The summed E-state index contributed by atoms with van der Waals surface area (Å²) in [5.74, 6) is 0. The lowest BCUT2D eigenvalue weighted by Crippen LogP contribution is -2.14. The molecule has 0 spiro atoms. The minimum absolute atomic E-state index is 0.101. The molecule has 22 heavy (non-hydrogen) atoms. The fourth-order valence-electron chi connectivity index (χ4n) is 1.89. The Hall–Kier alpha value is -2.06. The Morgan fingerprint density at radius 2 is 1.91 bits per heavy atom. The average molecular weight is 338 g/mol. The maximum Gasteiger partial charge on any atom is 0.270 e. The molecule has 2 aromatic carbocycles. The van der Waals surface area contributed by atoms with Crippen LogP contribution in [0.1, 0.15) is 5.56 Å². The van der Waals surface area contributed by atoms with E-state index in [0.29, 0.717) is 11.3 Å². The van der Waals surface area contributed by atoms with Gasteiger partial charge in [0.15, 0.2) is 0 Å². The smallest absolute Gasteiger partial charge is 0.270 e. The summed E-state index contributed by atoms with van der Waals surface area (Å²) in [6.45, 7) is 1.59. The first-order chi connectivity index (χ1) is 10.3. The Morgan fingerprint density at radius 3 is 2.55 bits per heavy atom. The molecule has 0 saturated carbocycles. The molecule has 6 nitrogen and oxygen atoms in total. The van der Waals surface area contributed by atoms with Crippen LogP contribution in [0.3, 0.4) is 0 Å². The van der Waals surface area contributed by atoms with Crippen molar-refractivity contribution >= 4 is 33.2 Å². The van der Waals surface area contributed by atoms with Gasteiger partial charge in [-0.25, -0.2) is 8.42 Å². The third-order valence-corrected chi connectivity index (χ3v) is 5.24. The zero-order chi connectivity index (χ0) is 16.3. The maximum atomic E-state index is 12.5. The lowest BCUT2D eigenvalue weighted by molar-refractivity contribution is -0.385. The number of sulfonamides is 1. The number of hydrogen-bond acceptors (Lipinski definition) is 5. The van der Waals surface area contributed by atoms with Gasteiger partial charge in [-0.1, -0.05) is 12.1 Å². The summed E-state index contributed by atoms with van der Waals surface area (Å²) in [5.41, 5.74) is 0.598. The van der Waals surface area contributed by atoms with Gasteiger partial charge in [-0.2, -0.15) is 0 Å². The van der Waals surface area contributed by atoms with Gasteiger partial charge in [-0.15, -0.1) is 11.8 Å². The highest BCUT2D eigenvalue weighted by molar-refractivity contribution is 7.98. The topological polar surface area (TPSA) is 89.3 Å². The minimum atomic E-state index is -3.89. The van der Waals surface area contributed by atoms with Crippen molar-refractivity contribution < 1.29 is 13.3 Å². The molecule has 0 radical (unpaired) electrons. The van der Waals surface area contributed by atoms with Crippen LogP contribution in [0.5, 0.6) is 0 Å². The van der Waals surface area contributed by atoms with E-state index in [4.69, 9.17) is 0 Å². The van der Waals surface area contributed by atoms with Crippen molar-refractivity contribution in [2.45, 2.75) is 16.7 Å². The van der Waals surface area contributed by atoms with Crippen molar-refractivity contribution in [2.75, 3.05) is 11.0 Å². The largest absolute Gasteiger partial charge is 0.280 e. The molecule has 0 unspecified atom stereocenters. The van der Waals surface area contributed by atoms with Crippen molar-refractivity contribution in [1.29, 1.82) is 0 Å². The number of anilines is 1. The summed E-state index contributed by atoms with van der Waals surface area (Å²) in [6.07, 6.45) is 1.89. The van der Waals surface area contributed by atoms with E-state index in [2.05, 4.69) is 4.72 Å². The molecule has 0 heterocycles. The molecule has 116 valence electrons. The van der Waals surface area contributed by atoms with Gasteiger partial charge in [0.25, 0.3) is 15.7 Å². The Kier molecular flexibility index (Phi) is 4.72. The van der Waals surface area contributed by atoms with Gasteiger partial charge in [-0.05, 0) is 36.9 Å². The van der Waals surface area contributed by atoms with Gasteiger partial charge < -0.3 is 0 Å². The average Bonchev–Trinajstić information content (AvgIpc) is 2.47. The van der Waals surface area contributed by atoms with E-state index in [9.17, 15) is 18.5 Å². The van der Waals surface area contributed by atoms with Crippen LogP contribution in [0.4, 0.5) is 11.4 Å². The van der Waals surface area contributed by atoms with Crippen LogP contribution in [0.15, 0.2) is 52.3 Å². The quantitative estimate of drug-likeness (QED) is 0.512. The summed E-state index contributed by atoms with van der Waals surface area (Å²) >= 11 is 1.49. The van der Waals surface area contributed by atoms with Crippen molar-refractivity contribution in [3.8, 4) is 0 Å². The van der Waals surface area contributed by atoms with Crippen LogP contribution in [-0.4, -0.2) is 19.6 Å². The van der Waals surface area contributed by atoms with E-state index in [1.165, 1.54) is 23.9 Å². The molecule has 0 aliphatic heterocycles. The number of non-ortho nitro benzene ring substituents is 1. The lowest BCUT2D eigenvalue weighted by atomic mass is 10.2. The Morgan fingerprint density at radius 1 is 1.18 bits per heavy atom. The summed E-state index contributed by atoms with van der Waals surface area (Å²) in [5, 5.41) is 10.8. The van der Waals surface area contributed by atoms with E-state index in [0.717, 1.165) is 11.0 Å². The summed E-state index contributed by atoms with van der Waals surface area (Å²) in [4.78, 5) is 11.0. The van der Waals surface area contributed by atoms with Gasteiger partial charge in [0, 0.05) is 22.7 Å². The Bertz CT molecular complexity index is 819. The Labute approximate surface area is 132 Å². The van der Waals surface area contributed by atoms with Crippen LogP contribution in [0, 0.1) is 17.0 Å². The number of thioether (sulfide) groups is 1. The number of nitrogens with one attached hydrogen (secondary N) is 1. The molecular weight excluding hydrogens is 324 g/mol. The predicted molar refractivity (Wildman–Crippen MR) is 86.9 cm³/mol. The molecule has 2 aromatic rings. The summed E-state index contributed by atoms with van der Waals surface area (Å²) in [6, 6.07) is 10.7. The SMILES string of the molecule is CSc1cccc(NS(=O)(=O)c2cc([N+](=O)[O-])ccc2C)c1. The molecule has 0 saturated heterocycles. The third kappa shape index (κ3) is 3.58. The van der Waals surface area contributed by atoms with Crippen LogP contribution < -0.4 is 4.72 Å². The fourth-order valence-corrected chi connectivity index (χ4v) is 3.66. The molecule has 0 bridgehead atoms. The van der Waals surface area contributed by atoms with E-state index in [1.807, 2.05) is 12.3 Å². The van der Waals surface area contributed by atoms with Crippen LogP contribution in [-0.2, 0) is 10.0 Å². The number of benzene rings is 2. The van der Waals surface area contributed by atoms with E-state index >= 15 is 0 Å². The highest BCUT2D eigenvalue weighted by Crippen LogP contribution is 2.25. The highest BCUT2D eigenvalue weighted by Gasteiger charge is 2.20. The minimum Gasteiger partial charge on any atom is -0.280 e. The Balaban J connectivity index is 2.42. The second-order valence-corrected chi connectivity index (χ2v) is 7.07. The van der Waals surface area contributed by atoms with Gasteiger partial charge in [0.05, 0.1) is 9.82 Å². The van der Waals surface area contributed by atoms with Crippen LogP contribution in [0.2, 0.25) is 0 Å². The molecule has 8 heteroatoms. The molecule has 0 atom stereocenters. The highest BCUT2D eigenvalue weighted by atomic mass is 32.2. The first-order valence-corrected chi connectivity index (χ1v) is 8.96. The van der Waals surface area contributed by atoms with Crippen molar-refractivity contribution in [1.82, 2.24) is 0 Å². The molecule has 0 amide bonds. The zero-order valence-corrected chi connectivity index (χ0v) is 13.6. The number of aryl methyl sites for hydroxylation is 1. The molecule has 0 aliphatic carbocycles. The second-order valence-electron chi connectivity index (χ2n) is 4.54. The van der Waals surface area contributed by atoms with Crippen molar-refractivity contribution in [3.63, 3.8) is 0 Å². The zero-order valence-electron chi connectivity index (χ0n) is 11.9. The van der Waals surface area contributed by atoms with E-state index < -0.39 is 14.9 Å². The second kappa shape index (κ2) is 6.37. The summed E-state index contributed by atoms with van der Waals surface area (Å²) in [7, 11) is -3.89. The van der Waals surface area contributed by atoms with Gasteiger partial charge >= 0.3 is 0 Å². The number of nitro groups is 1. The normalized spacial score (nSPS) is 11.2. The molecule has 1 N–H and O–H groups in total. The number of nitrogens with zero attached hydrogens (tertiary/aromatic N) is 1. The first-order valence-electron chi connectivity index (χ1n) is 6.25. The van der Waals surface area contributed by atoms with Crippen molar-refractivity contribution in [3.05, 3.63) is 58.1 Å². The van der Waals surface area contributed by atoms with Crippen LogP contribution >= 0.6 is 11.8 Å². The molecular formula is C14H14N2O4S2. The standard InChI is InChI=1S/C14H14N2O4S2/c1-10-6-7-12(16(17)18)9-14(10)22(19,20)15-11-4-3-5-13(8-11)21-2/h3-9,15H,1-2H3. The van der Waals surface area contributed by atoms with Crippen LogP contribution in [0.25, 0.3) is 0 Å². The molecule has 2 rings (SSSR count). The van der Waals surface area contributed by atoms with Gasteiger partial charge in [0.1, 0.15) is 0 Å². The third-order valence-electron chi connectivity index (χ3n) is 2.99. The fraction of sp³-hybridized carbons (Fsp3) is 0.143. The van der Waals surface area contributed by atoms with Crippen molar-refractivity contribution in [2.24, 2.45) is 0 Å². The number of rotatable bonds is 5. The van der Waals surface area contributed by atoms with Gasteiger partial charge in [0.2, 0.25) is 0 Å². The maximum absolute atomic E-state index is 12.5. The molecule has 0 aliphatic rings. The summed E-state index contributed by atoms with van der Waals surface area (Å²) < 4.78 is 27.4. The predicted octanol–water partition coefficient (Wildman–Crippen LogP) is 3.43. The lowest BCUT2D eigenvalue weighted by Gasteiger charge is -2.11. The van der Waals surface area contributed by atoms with E-state index in [-0.39, 0.29) is 10.6 Å².